The van der Waals surface area contributed by atoms with E-state index in [1.54, 1.807) is 17.1 Å². The van der Waals surface area contributed by atoms with Gasteiger partial charge in [-0.3, -0.25) is 4.68 Å². The fourth-order valence-corrected chi connectivity index (χ4v) is 1.63. The van der Waals surface area contributed by atoms with E-state index in [0.717, 1.165) is 10.2 Å². The lowest BCUT2D eigenvalue weighted by atomic mass is 10.4. The van der Waals surface area contributed by atoms with Crippen molar-refractivity contribution in [2.45, 2.75) is 6.54 Å². The molecule has 1 heterocycles. The third-order valence-electron chi connectivity index (χ3n) is 1.45. The molecule has 0 aliphatic rings. The van der Waals surface area contributed by atoms with Gasteiger partial charge < -0.3 is 0 Å². The SMILES string of the molecule is Cn1ncc(Br)c1CNS(C)=O. The van der Waals surface area contributed by atoms with Gasteiger partial charge in [-0.25, -0.2) is 8.93 Å². The average Bonchev–Trinajstić information content (AvgIpc) is 2.28. The lowest BCUT2D eigenvalue weighted by Crippen LogP contribution is -2.17. The first-order chi connectivity index (χ1) is 5.61. The second kappa shape index (κ2) is 4.15. The van der Waals surface area contributed by atoms with Gasteiger partial charge in [0.1, 0.15) is 0 Å². The number of halogens is 1. The van der Waals surface area contributed by atoms with Crippen LogP contribution < -0.4 is 4.72 Å². The van der Waals surface area contributed by atoms with Gasteiger partial charge in [0.25, 0.3) is 0 Å². The molecule has 0 aromatic carbocycles. The lowest BCUT2D eigenvalue weighted by molar-refractivity contribution is 0.663. The highest BCUT2D eigenvalue weighted by atomic mass is 79.9. The zero-order valence-corrected chi connectivity index (χ0v) is 9.28. The van der Waals surface area contributed by atoms with Gasteiger partial charge in [0.15, 0.2) is 0 Å². The number of hydrogen-bond acceptors (Lipinski definition) is 2. The van der Waals surface area contributed by atoms with Crippen LogP contribution in [0, 0.1) is 0 Å². The summed E-state index contributed by atoms with van der Waals surface area (Å²) in [5.74, 6) is 0. The molecule has 68 valence electrons. The normalized spacial score (nSPS) is 13.2. The van der Waals surface area contributed by atoms with Crippen LogP contribution in [0.3, 0.4) is 0 Å². The smallest absolute Gasteiger partial charge is 0.0887 e. The Kier molecular flexibility index (Phi) is 3.42. The Balaban J connectivity index is 2.68. The summed E-state index contributed by atoms with van der Waals surface area (Å²) in [7, 11) is 0.869. The molecule has 1 aromatic heterocycles. The van der Waals surface area contributed by atoms with E-state index in [1.807, 2.05) is 7.05 Å². The van der Waals surface area contributed by atoms with E-state index in [2.05, 4.69) is 25.8 Å². The summed E-state index contributed by atoms with van der Waals surface area (Å²) in [6.07, 6.45) is 3.32. The average molecular weight is 252 g/mol. The first-order valence-corrected chi connectivity index (χ1v) is 5.69. The molecule has 6 heteroatoms. The highest BCUT2D eigenvalue weighted by molar-refractivity contribution is 9.10. The fourth-order valence-electron chi connectivity index (χ4n) is 0.805. The van der Waals surface area contributed by atoms with Gasteiger partial charge in [-0.1, -0.05) is 0 Å². The zero-order chi connectivity index (χ0) is 9.14. The van der Waals surface area contributed by atoms with Crippen LogP contribution in [0.2, 0.25) is 0 Å². The quantitative estimate of drug-likeness (QED) is 0.854. The van der Waals surface area contributed by atoms with E-state index in [-0.39, 0.29) is 0 Å². The molecule has 0 aliphatic heterocycles. The molecule has 1 atom stereocenters. The molecule has 1 unspecified atom stereocenters. The Labute approximate surface area is 82.1 Å². The molecule has 0 bridgehead atoms. The maximum Gasteiger partial charge on any atom is 0.0887 e. The van der Waals surface area contributed by atoms with Crippen LogP contribution in [0.15, 0.2) is 10.7 Å². The third kappa shape index (κ3) is 2.40. The molecular weight excluding hydrogens is 242 g/mol. The van der Waals surface area contributed by atoms with Gasteiger partial charge in [0, 0.05) is 13.3 Å². The number of aromatic nitrogens is 2. The van der Waals surface area contributed by atoms with E-state index in [9.17, 15) is 4.21 Å². The highest BCUT2D eigenvalue weighted by Crippen LogP contribution is 2.14. The maximum atomic E-state index is 10.7. The van der Waals surface area contributed by atoms with Crippen molar-refractivity contribution in [3.63, 3.8) is 0 Å². The van der Waals surface area contributed by atoms with E-state index in [0.29, 0.717) is 6.54 Å². The summed E-state index contributed by atoms with van der Waals surface area (Å²) in [4.78, 5) is 0. The Hall–Kier alpha value is -0.200. The van der Waals surface area contributed by atoms with Crippen LogP contribution in [0.5, 0.6) is 0 Å². The van der Waals surface area contributed by atoms with Gasteiger partial charge in [-0.2, -0.15) is 5.10 Å². The Bertz CT molecular complexity index is 279. The summed E-state index contributed by atoms with van der Waals surface area (Å²) in [5.41, 5.74) is 0.991. The summed E-state index contributed by atoms with van der Waals surface area (Å²) < 4.78 is 16.2. The van der Waals surface area contributed by atoms with Crippen LogP contribution in [0.25, 0.3) is 0 Å². The van der Waals surface area contributed by atoms with Crippen molar-refractivity contribution in [2.24, 2.45) is 7.05 Å². The molecule has 12 heavy (non-hydrogen) atoms. The van der Waals surface area contributed by atoms with Crippen LogP contribution in [0.4, 0.5) is 0 Å². The second-order valence-electron chi connectivity index (χ2n) is 2.34. The molecular formula is C6H10BrN3OS. The topological polar surface area (TPSA) is 46.9 Å². The Morgan fingerprint density at radius 3 is 2.92 bits per heavy atom. The van der Waals surface area contributed by atoms with E-state index >= 15 is 0 Å². The molecule has 0 radical (unpaired) electrons. The predicted molar refractivity (Wildman–Crippen MR) is 51.8 cm³/mol. The number of hydrogen-bond donors (Lipinski definition) is 1. The van der Waals surface area contributed by atoms with Crippen molar-refractivity contribution < 1.29 is 4.21 Å². The standard InChI is InChI=1S/C6H10BrN3OS/c1-10-6(4-9-12(2)11)5(7)3-8-10/h3,9H,4H2,1-2H3. The minimum absolute atomic E-state index is 0.556. The Morgan fingerprint density at radius 1 is 1.83 bits per heavy atom. The summed E-state index contributed by atoms with van der Waals surface area (Å²) in [6.45, 7) is 0.556. The van der Waals surface area contributed by atoms with E-state index in [4.69, 9.17) is 0 Å². The number of nitrogens with zero attached hydrogens (tertiary/aromatic N) is 2. The van der Waals surface area contributed by atoms with Gasteiger partial charge in [-0.15, -0.1) is 0 Å². The van der Waals surface area contributed by atoms with E-state index in [1.165, 1.54) is 0 Å². The van der Waals surface area contributed by atoms with Crippen molar-refractivity contribution in [1.82, 2.24) is 14.5 Å². The minimum Gasteiger partial charge on any atom is -0.270 e. The molecule has 0 saturated heterocycles. The Morgan fingerprint density at radius 2 is 2.50 bits per heavy atom. The molecule has 4 nitrogen and oxygen atoms in total. The molecule has 0 fully saturated rings. The molecule has 0 saturated carbocycles. The van der Waals surface area contributed by atoms with E-state index < -0.39 is 11.0 Å². The molecule has 0 amide bonds. The van der Waals surface area contributed by atoms with Crippen molar-refractivity contribution in [3.05, 3.63) is 16.4 Å². The summed E-state index contributed by atoms with van der Waals surface area (Å²) in [6, 6.07) is 0. The van der Waals surface area contributed by atoms with Crippen molar-refractivity contribution in [3.8, 4) is 0 Å². The monoisotopic (exact) mass is 251 g/mol. The van der Waals surface area contributed by atoms with Crippen LogP contribution in [0.1, 0.15) is 5.69 Å². The third-order valence-corrected chi connectivity index (χ3v) is 2.67. The van der Waals surface area contributed by atoms with Crippen LogP contribution in [-0.4, -0.2) is 20.2 Å². The lowest BCUT2D eigenvalue weighted by Gasteiger charge is -2.02. The van der Waals surface area contributed by atoms with Crippen molar-refractivity contribution in [2.75, 3.05) is 6.26 Å². The maximum absolute atomic E-state index is 10.7. The fraction of sp³-hybridized carbons (Fsp3) is 0.500. The second-order valence-corrected chi connectivity index (χ2v) is 4.39. The van der Waals surface area contributed by atoms with Gasteiger partial charge in [0.05, 0.1) is 33.9 Å². The molecule has 0 spiro atoms. The van der Waals surface area contributed by atoms with Crippen molar-refractivity contribution >= 4 is 26.9 Å². The summed E-state index contributed by atoms with van der Waals surface area (Å²) in [5, 5.41) is 4.02. The predicted octanol–water partition coefficient (Wildman–Crippen LogP) is 0.566. The van der Waals surface area contributed by atoms with Crippen LogP contribution in [-0.2, 0) is 24.6 Å². The van der Waals surface area contributed by atoms with Crippen LogP contribution >= 0.6 is 15.9 Å². The van der Waals surface area contributed by atoms with Gasteiger partial charge >= 0.3 is 0 Å². The number of aryl methyl sites for hydroxylation is 1. The largest absolute Gasteiger partial charge is 0.270 e. The first-order valence-electron chi connectivity index (χ1n) is 3.34. The summed E-state index contributed by atoms with van der Waals surface area (Å²) >= 11 is 3.34. The van der Waals surface area contributed by atoms with Gasteiger partial charge in [-0.05, 0) is 15.9 Å². The number of rotatable bonds is 3. The minimum atomic E-state index is -0.979. The molecule has 1 N–H and O–H groups in total. The van der Waals surface area contributed by atoms with Gasteiger partial charge in [0.2, 0.25) is 0 Å². The highest BCUT2D eigenvalue weighted by Gasteiger charge is 2.04. The first kappa shape index (κ1) is 9.88. The zero-order valence-electron chi connectivity index (χ0n) is 6.87. The molecule has 0 aliphatic carbocycles. The molecule has 1 aromatic rings. The van der Waals surface area contributed by atoms with Crippen molar-refractivity contribution in [1.29, 1.82) is 0 Å². The number of nitrogens with one attached hydrogen (secondary N) is 1. The molecule has 1 rings (SSSR count).